The van der Waals surface area contributed by atoms with Crippen LogP contribution in [-0.2, 0) is 4.79 Å². The van der Waals surface area contributed by atoms with Gasteiger partial charge in [-0.25, -0.2) is 0 Å². The van der Waals surface area contributed by atoms with E-state index in [9.17, 15) is 4.79 Å². The summed E-state index contributed by atoms with van der Waals surface area (Å²) in [6.45, 7) is 15.3. The largest absolute Gasteiger partial charge is 0.395 e. The second-order valence-electron chi connectivity index (χ2n) is 5.83. The van der Waals surface area contributed by atoms with Crippen LogP contribution in [-0.4, -0.2) is 60.1 Å². The van der Waals surface area contributed by atoms with Crippen LogP contribution in [0.2, 0.25) is 0 Å². The van der Waals surface area contributed by atoms with Crippen molar-refractivity contribution in [2.45, 2.75) is 27.7 Å². The molecular formula is C15H30N2O2. The minimum atomic E-state index is 0.0650. The third-order valence-electron chi connectivity index (χ3n) is 2.69. The second kappa shape index (κ2) is 9.98. The van der Waals surface area contributed by atoms with E-state index in [0.717, 1.165) is 13.1 Å². The van der Waals surface area contributed by atoms with Gasteiger partial charge < -0.3 is 10.0 Å². The van der Waals surface area contributed by atoms with Gasteiger partial charge in [-0.3, -0.25) is 9.69 Å². The van der Waals surface area contributed by atoms with E-state index >= 15 is 0 Å². The highest BCUT2D eigenvalue weighted by atomic mass is 16.3. The summed E-state index contributed by atoms with van der Waals surface area (Å²) in [4.78, 5) is 16.2. The zero-order valence-electron chi connectivity index (χ0n) is 12.9. The first kappa shape index (κ1) is 18.1. The molecule has 0 aliphatic rings. The number of hydrogen-bond donors (Lipinski definition) is 1. The standard InChI is InChI=1S/C15H30N2O2/c1-6-7-16(8-9-18)12-15(19)17(10-13(2)3)11-14(4)5/h6,13-14,18H,1,7-12H2,2-5H3. The van der Waals surface area contributed by atoms with E-state index in [2.05, 4.69) is 34.3 Å². The number of carbonyl (C=O) groups excluding carboxylic acids is 1. The quantitative estimate of drug-likeness (QED) is 0.613. The lowest BCUT2D eigenvalue weighted by Gasteiger charge is -2.29. The highest BCUT2D eigenvalue weighted by Crippen LogP contribution is 2.05. The summed E-state index contributed by atoms with van der Waals surface area (Å²) < 4.78 is 0. The minimum absolute atomic E-state index is 0.0650. The van der Waals surface area contributed by atoms with E-state index in [0.29, 0.717) is 31.5 Å². The van der Waals surface area contributed by atoms with E-state index in [1.54, 1.807) is 6.08 Å². The Hall–Kier alpha value is -0.870. The van der Waals surface area contributed by atoms with Crippen molar-refractivity contribution in [2.24, 2.45) is 11.8 Å². The van der Waals surface area contributed by atoms with Crippen LogP contribution in [0.5, 0.6) is 0 Å². The fourth-order valence-electron chi connectivity index (χ4n) is 2.01. The molecule has 0 aliphatic carbocycles. The number of aliphatic hydroxyl groups excluding tert-OH is 1. The normalized spacial score (nSPS) is 11.4. The monoisotopic (exact) mass is 270 g/mol. The van der Waals surface area contributed by atoms with E-state index in [-0.39, 0.29) is 12.5 Å². The van der Waals surface area contributed by atoms with Crippen molar-refractivity contribution in [2.75, 3.05) is 39.3 Å². The molecule has 0 saturated heterocycles. The molecule has 1 amide bonds. The van der Waals surface area contributed by atoms with Gasteiger partial charge in [-0.2, -0.15) is 0 Å². The first-order valence-electron chi connectivity index (χ1n) is 7.12. The molecule has 0 aromatic rings. The molecule has 0 heterocycles. The molecule has 4 nitrogen and oxygen atoms in total. The Balaban J connectivity index is 4.53. The second-order valence-corrected chi connectivity index (χ2v) is 5.83. The number of hydrogen-bond acceptors (Lipinski definition) is 3. The average molecular weight is 270 g/mol. The van der Waals surface area contributed by atoms with Crippen molar-refractivity contribution in [3.05, 3.63) is 12.7 Å². The number of carbonyl (C=O) groups is 1. The molecule has 112 valence electrons. The molecular weight excluding hydrogens is 240 g/mol. The molecule has 0 saturated carbocycles. The van der Waals surface area contributed by atoms with E-state index in [4.69, 9.17) is 5.11 Å². The summed E-state index contributed by atoms with van der Waals surface area (Å²) in [6.07, 6.45) is 1.76. The first-order valence-corrected chi connectivity index (χ1v) is 7.12. The molecule has 19 heavy (non-hydrogen) atoms. The van der Waals surface area contributed by atoms with Gasteiger partial charge in [0.2, 0.25) is 5.91 Å². The van der Waals surface area contributed by atoms with Crippen LogP contribution in [0.1, 0.15) is 27.7 Å². The van der Waals surface area contributed by atoms with Gasteiger partial charge in [0.25, 0.3) is 0 Å². The lowest BCUT2D eigenvalue weighted by atomic mass is 10.1. The molecule has 0 radical (unpaired) electrons. The highest BCUT2D eigenvalue weighted by molar-refractivity contribution is 5.78. The molecule has 0 fully saturated rings. The Morgan fingerprint density at radius 3 is 2.11 bits per heavy atom. The van der Waals surface area contributed by atoms with Gasteiger partial charge in [-0.15, -0.1) is 6.58 Å². The van der Waals surface area contributed by atoms with Crippen LogP contribution in [0, 0.1) is 11.8 Å². The van der Waals surface area contributed by atoms with E-state index in [1.807, 2.05) is 9.80 Å². The zero-order valence-corrected chi connectivity index (χ0v) is 12.9. The summed E-state index contributed by atoms with van der Waals surface area (Å²) in [5.41, 5.74) is 0. The smallest absolute Gasteiger partial charge is 0.236 e. The Kier molecular flexibility index (Phi) is 9.53. The lowest BCUT2D eigenvalue weighted by molar-refractivity contribution is -0.133. The summed E-state index contributed by atoms with van der Waals surface area (Å²) in [5.74, 6) is 1.07. The molecule has 0 aromatic heterocycles. The van der Waals surface area contributed by atoms with Crippen molar-refractivity contribution in [3.8, 4) is 0 Å². The van der Waals surface area contributed by atoms with Gasteiger partial charge in [-0.1, -0.05) is 33.8 Å². The maximum absolute atomic E-state index is 12.3. The topological polar surface area (TPSA) is 43.8 Å². The van der Waals surface area contributed by atoms with Crippen LogP contribution < -0.4 is 0 Å². The summed E-state index contributed by atoms with van der Waals surface area (Å²) in [5, 5.41) is 9.00. The van der Waals surface area contributed by atoms with Gasteiger partial charge in [0.1, 0.15) is 0 Å². The van der Waals surface area contributed by atoms with Crippen LogP contribution >= 0.6 is 0 Å². The molecule has 1 N–H and O–H groups in total. The number of amides is 1. The van der Waals surface area contributed by atoms with Gasteiger partial charge in [0.15, 0.2) is 0 Å². The Bertz CT molecular complexity index is 255. The van der Waals surface area contributed by atoms with Crippen molar-refractivity contribution >= 4 is 5.91 Å². The number of rotatable bonds is 10. The van der Waals surface area contributed by atoms with Crippen molar-refractivity contribution in [1.82, 2.24) is 9.80 Å². The molecule has 0 spiro atoms. The Morgan fingerprint density at radius 2 is 1.74 bits per heavy atom. The van der Waals surface area contributed by atoms with Crippen molar-refractivity contribution in [1.29, 1.82) is 0 Å². The van der Waals surface area contributed by atoms with Crippen LogP contribution in [0.15, 0.2) is 12.7 Å². The van der Waals surface area contributed by atoms with E-state index in [1.165, 1.54) is 0 Å². The zero-order chi connectivity index (χ0) is 14.8. The fraction of sp³-hybridized carbons (Fsp3) is 0.800. The predicted octanol–water partition coefficient (Wildman–Crippen LogP) is 1.61. The maximum atomic E-state index is 12.3. The number of nitrogens with zero attached hydrogens (tertiary/aromatic N) is 2. The third-order valence-corrected chi connectivity index (χ3v) is 2.69. The summed E-state index contributed by atoms with van der Waals surface area (Å²) in [6, 6.07) is 0. The molecule has 0 bridgehead atoms. The van der Waals surface area contributed by atoms with Gasteiger partial charge in [-0.05, 0) is 11.8 Å². The van der Waals surface area contributed by atoms with Gasteiger partial charge >= 0.3 is 0 Å². The van der Waals surface area contributed by atoms with Crippen LogP contribution in [0.25, 0.3) is 0 Å². The summed E-state index contributed by atoms with van der Waals surface area (Å²) >= 11 is 0. The average Bonchev–Trinajstić information content (AvgIpc) is 2.27. The maximum Gasteiger partial charge on any atom is 0.236 e. The third kappa shape index (κ3) is 8.78. The van der Waals surface area contributed by atoms with Crippen molar-refractivity contribution < 1.29 is 9.90 Å². The Labute approximate surface area is 118 Å². The highest BCUT2D eigenvalue weighted by Gasteiger charge is 2.18. The minimum Gasteiger partial charge on any atom is -0.395 e. The predicted molar refractivity (Wildman–Crippen MR) is 80.0 cm³/mol. The summed E-state index contributed by atoms with van der Waals surface area (Å²) in [7, 11) is 0. The van der Waals surface area contributed by atoms with Gasteiger partial charge in [0.05, 0.1) is 13.2 Å². The molecule has 0 unspecified atom stereocenters. The molecule has 0 aromatic carbocycles. The molecule has 0 aliphatic heterocycles. The Morgan fingerprint density at radius 1 is 1.21 bits per heavy atom. The molecule has 4 heteroatoms. The van der Waals surface area contributed by atoms with Crippen LogP contribution in [0.4, 0.5) is 0 Å². The van der Waals surface area contributed by atoms with E-state index < -0.39 is 0 Å². The molecule has 0 atom stereocenters. The first-order chi connectivity index (χ1) is 8.90. The lowest BCUT2D eigenvalue weighted by Crippen LogP contribution is -2.44. The van der Waals surface area contributed by atoms with Crippen LogP contribution in [0.3, 0.4) is 0 Å². The SMILES string of the molecule is C=CCN(CCO)CC(=O)N(CC(C)C)CC(C)C. The van der Waals surface area contributed by atoms with Gasteiger partial charge in [0, 0.05) is 26.2 Å². The van der Waals surface area contributed by atoms with Crippen molar-refractivity contribution in [3.63, 3.8) is 0 Å². The number of aliphatic hydroxyl groups is 1. The molecule has 0 rings (SSSR count). The fourth-order valence-corrected chi connectivity index (χ4v) is 2.01.